The van der Waals surface area contributed by atoms with Gasteiger partial charge in [0.25, 0.3) is 0 Å². The maximum atomic E-state index is 12.2. The first-order chi connectivity index (χ1) is 9.08. The number of aliphatic hydroxyl groups is 1. The van der Waals surface area contributed by atoms with Crippen LogP contribution in [0, 0.1) is 23.7 Å². The van der Waals surface area contributed by atoms with E-state index in [1.54, 1.807) is 0 Å². The zero-order valence-corrected chi connectivity index (χ0v) is 13.4. The minimum absolute atomic E-state index is 0. The highest BCUT2D eigenvalue weighted by Crippen LogP contribution is 2.47. The molecule has 2 bridgehead atoms. The predicted octanol–water partition coefficient (Wildman–Crippen LogP) is 1.69. The molecule has 0 aromatic rings. The van der Waals surface area contributed by atoms with Crippen molar-refractivity contribution in [2.24, 2.45) is 29.4 Å². The lowest BCUT2D eigenvalue weighted by molar-refractivity contribution is -0.127. The number of carbonyl (C=O) groups excluding carboxylic acids is 1. The van der Waals surface area contributed by atoms with Gasteiger partial charge in [0.05, 0.1) is 12.0 Å². The molecule has 5 heteroatoms. The van der Waals surface area contributed by atoms with Gasteiger partial charge in [0.1, 0.15) is 0 Å². The van der Waals surface area contributed by atoms with E-state index in [1.165, 1.54) is 6.42 Å². The minimum Gasteiger partial charge on any atom is -0.391 e. The van der Waals surface area contributed by atoms with Crippen LogP contribution in [0.5, 0.6) is 0 Å². The zero-order valence-electron chi connectivity index (χ0n) is 12.5. The van der Waals surface area contributed by atoms with Crippen LogP contribution in [0.25, 0.3) is 0 Å². The Hall–Kier alpha value is -0.320. The molecule has 20 heavy (non-hydrogen) atoms. The van der Waals surface area contributed by atoms with Crippen LogP contribution in [0.15, 0.2) is 0 Å². The van der Waals surface area contributed by atoms with Crippen LogP contribution in [-0.4, -0.2) is 29.7 Å². The van der Waals surface area contributed by atoms with Gasteiger partial charge in [-0.05, 0) is 37.0 Å². The molecule has 0 radical (unpaired) electrons. The summed E-state index contributed by atoms with van der Waals surface area (Å²) in [4.78, 5) is 12.2. The van der Waals surface area contributed by atoms with Crippen molar-refractivity contribution in [3.8, 4) is 0 Å². The summed E-state index contributed by atoms with van der Waals surface area (Å²) in [6.07, 6.45) is 4.91. The molecular formula is C15H29ClN2O2. The van der Waals surface area contributed by atoms with Crippen LogP contribution in [0.4, 0.5) is 0 Å². The summed E-state index contributed by atoms with van der Waals surface area (Å²) in [5, 5.41) is 13.0. The van der Waals surface area contributed by atoms with Gasteiger partial charge in [-0.1, -0.05) is 26.7 Å². The van der Waals surface area contributed by atoms with E-state index in [-0.39, 0.29) is 36.2 Å². The van der Waals surface area contributed by atoms with Crippen molar-refractivity contribution < 1.29 is 9.90 Å². The second-order valence-corrected chi connectivity index (χ2v) is 6.33. The van der Waals surface area contributed by atoms with Crippen molar-refractivity contribution in [3.05, 3.63) is 0 Å². The molecule has 2 saturated carbocycles. The van der Waals surface area contributed by atoms with E-state index >= 15 is 0 Å². The van der Waals surface area contributed by atoms with Gasteiger partial charge in [0.2, 0.25) is 5.91 Å². The Morgan fingerprint density at radius 3 is 2.40 bits per heavy atom. The number of nitrogens with two attached hydrogens (primary N) is 1. The number of hydrogen-bond acceptors (Lipinski definition) is 3. The Balaban J connectivity index is 0.00000200. The summed E-state index contributed by atoms with van der Waals surface area (Å²) < 4.78 is 0. The molecule has 2 aliphatic carbocycles. The average molecular weight is 305 g/mol. The van der Waals surface area contributed by atoms with Gasteiger partial charge < -0.3 is 16.2 Å². The number of nitrogens with one attached hydrogen (secondary N) is 1. The fraction of sp³-hybridized carbons (Fsp3) is 0.933. The van der Waals surface area contributed by atoms with Crippen molar-refractivity contribution in [1.82, 2.24) is 5.32 Å². The molecule has 118 valence electrons. The number of aliphatic hydroxyl groups excluding tert-OH is 1. The number of rotatable bonds is 6. The summed E-state index contributed by atoms with van der Waals surface area (Å²) >= 11 is 0. The van der Waals surface area contributed by atoms with Crippen LogP contribution in [0.3, 0.4) is 0 Å². The SMILES string of the molecule is CCC(CC)C(O)CNC(=O)C1C2CCC(C2)C1N.Cl. The number of fused-ring (bicyclic) bond motifs is 2. The summed E-state index contributed by atoms with van der Waals surface area (Å²) in [5.74, 6) is 1.33. The van der Waals surface area contributed by atoms with Gasteiger partial charge in [0.15, 0.2) is 0 Å². The lowest BCUT2D eigenvalue weighted by Gasteiger charge is -2.28. The Labute approximate surface area is 128 Å². The van der Waals surface area contributed by atoms with Gasteiger partial charge in [-0.25, -0.2) is 0 Å². The average Bonchev–Trinajstić information content (AvgIpc) is 2.98. The fourth-order valence-corrected chi connectivity index (χ4v) is 4.05. The van der Waals surface area contributed by atoms with E-state index < -0.39 is 6.10 Å². The van der Waals surface area contributed by atoms with E-state index in [4.69, 9.17) is 5.73 Å². The van der Waals surface area contributed by atoms with Crippen LogP contribution in [0.1, 0.15) is 46.0 Å². The third-order valence-corrected chi connectivity index (χ3v) is 5.36. The van der Waals surface area contributed by atoms with Crippen LogP contribution in [0.2, 0.25) is 0 Å². The van der Waals surface area contributed by atoms with Gasteiger partial charge >= 0.3 is 0 Å². The maximum absolute atomic E-state index is 12.2. The molecular weight excluding hydrogens is 276 g/mol. The second kappa shape index (κ2) is 7.62. The highest BCUT2D eigenvalue weighted by Gasteiger charge is 2.49. The molecule has 2 aliphatic rings. The van der Waals surface area contributed by atoms with Crippen LogP contribution >= 0.6 is 12.4 Å². The maximum Gasteiger partial charge on any atom is 0.225 e. The van der Waals surface area contributed by atoms with Gasteiger partial charge in [-0.3, -0.25) is 4.79 Å². The van der Waals surface area contributed by atoms with Crippen molar-refractivity contribution in [1.29, 1.82) is 0 Å². The van der Waals surface area contributed by atoms with Crippen molar-refractivity contribution in [2.75, 3.05) is 6.54 Å². The largest absolute Gasteiger partial charge is 0.391 e. The molecule has 1 amide bonds. The highest BCUT2D eigenvalue weighted by molar-refractivity contribution is 5.85. The normalized spacial score (nSPS) is 33.0. The third kappa shape index (κ3) is 3.46. The molecule has 5 atom stereocenters. The number of hydrogen-bond donors (Lipinski definition) is 3. The molecule has 0 aliphatic heterocycles. The van der Waals surface area contributed by atoms with Crippen LogP contribution in [-0.2, 0) is 4.79 Å². The summed E-state index contributed by atoms with van der Waals surface area (Å²) in [6, 6.07) is 0.0315. The van der Waals surface area contributed by atoms with E-state index in [9.17, 15) is 9.90 Å². The molecule has 4 nitrogen and oxygen atoms in total. The molecule has 0 aromatic carbocycles. The Morgan fingerprint density at radius 1 is 1.30 bits per heavy atom. The molecule has 0 heterocycles. The topological polar surface area (TPSA) is 75.3 Å². The van der Waals surface area contributed by atoms with E-state index in [1.807, 2.05) is 0 Å². The van der Waals surface area contributed by atoms with Crippen LogP contribution < -0.4 is 11.1 Å². The third-order valence-electron chi connectivity index (χ3n) is 5.36. The molecule has 2 fully saturated rings. The lowest BCUT2D eigenvalue weighted by Crippen LogP contribution is -2.47. The van der Waals surface area contributed by atoms with Crippen molar-refractivity contribution in [2.45, 2.75) is 58.1 Å². The lowest BCUT2D eigenvalue weighted by atomic mass is 9.84. The first kappa shape index (κ1) is 17.7. The molecule has 4 N–H and O–H groups in total. The monoisotopic (exact) mass is 304 g/mol. The van der Waals surface area contributed by atoms with Gasteiger partial charge in [-0.2, -0.15) is 0 Å². The van der Waals surface area contributed by atoms with Crippen molar-refractivity contribution in [3.63, 3.8) is 0 Å². The summed E-state index contributed by atoms with van der Waals surface area (Å²) in [7, 11) is 0. The number of carbonyl (C=O) groups is 1. The standard InChI is InChI=1S/C15H28N2O2.ClH/c1-3-9(4-2)12(18)8-17-15(19)13-10-5-6-11(7-10)14(13)16;/h9-14,18H,3-8,16H2,1-2H3,(H,17,19);1H. The number of amides is 1. The quantitative estimate of drug-likeness (QED) is 0.699. The molecule has 0 aromatic heterocycles. The molecule has 0 saturated heterocycles. The van der Waals surface area contributed by atoms with E-state index in [0.717, 1.165) is 25.7 Å². The molecule has 5 unspecified atom stereocenters. The zero-order chi connectivity index (χ0) is 14.0. The van der Waals surface area contributed by atoms with E-state index in [2.05, 4.69) is 19.2 Å². The van der Waals surface area contributed by atoms with Crippen molar-refractivity contribution >= 4 is 18.3 Å². The summed E-state index contributed by atoms with van der Waals surface area (Å²) in [6.45, 7) is 4.52. The summed E-state index contributed by atoms with van der Waals surface area (Å²) in [5.41, 5.74) is 6.16. The second-order valence-electron chi connectivity index (χ2n) is 6.33. The first-order valence-corrected chi connectivity index (χ1v) is 7.79. The smallest absolute Gasteiger partial charge is 0.225 e. The van der Waals surface area contributed by atoms with Gasteiger partial charge in [-0.15, -0.1) is 12.4 Å². The molecule has 2 rings (SSSR count). The fourth-order valence-electron chi connectivity index (χ4n) is 4.05. The molecule has 0 spiro atoms. The Morgan fingerprint density at radius 2 is 1.90 bits per heavy atom. The van der Waals surface area contributed by atoms with E-state index in [0.29, 0.717) is 18.4 Å². The Bertz CT molecular complexity index is 321. The Kier molecular flexibility index (Phi) is 6.76. The highest BCUT2D eigenvalue weighted by atomic mass is 35.5. The predicted molar refractivity (Wildman–Crippen MR) is 82.6 cm³/mol. The minimum atomic E-state index is -0.436. The first-order valence-electron chi connectivity index (χ1n) is 7.79. The number of halogens is 1. The van der Waals surface area contributed by atoms with Gasteiger partial charge in [0, 0.05) is 12.6 Å².